The fourth-order valence-corrected chi connectivity index (χ4v) is 2.13. The lowest BCUT2D eigenvalue weighted by atomic mass is 10.1. The molecule has 1 aromatic carbocycles. The van der Waals surface area contributed by atoms with Crippen LogP contribution >= 0.6 is 0 Å². The van der Waals surface area contributed by atoms with Crippen molar-refractivity contribution in [2.45, 2.75) is 18.0 Å². The lowest BCUT2D eigenvalue weighted by molar-refractivity contribution is -0.146. The Morgan fingerprint density at radius 2 is 1.88 bits per heavy atom. The molecule has 1 unspecified atom stereocenters. The molecule has 0 aliphatic rings. The molecule has 0 bridgehead atoms. The summed E-state index contributed by atoms with van der Waals surface area (Å²) >= 11 is 0. The molecule has 0 N–H and O–H groups in total. The first-order valence-electron chi connectivity index (χ1n) is 4.97. The predicted octanol–water partition coefficient (Wildman–Crippen LogP) is 1.66. The highest BCUT2D eigenvalue weighted by molar-refractivity contribution is 7.91. The van der Waals surface area contributed by atoms with Gasteiger partial charge in [-0.1, -0.05) is 19.1 Å². The Labute approximate surface area is 99.3 Å². The van der Waals surface area contributed by atoms with E-state index in [-0.39, 0.29) is 16.2 Å². The summed E-state index contributed by atoms with van der Waals surface area (Å²) < 4.78 is 40.6. The standard InChI is InChI=1S/C11H13FO4S/c1-3-17(14,15)9-6-4-8(5-7-9)10(12)11(13)16-2/h4-7,10H,3H2,1-2H3. The molecule has 0 heterocycles. The quantitative estimate of drug-likeness (QED) is 0.772. The number of sulfone groups is 1. The number of esters is 1. The number of halogens is 1. The minimum Gasteiger partial charge on any atom is -0.467 e. The molecule has 0 radical (unpaired) electrons. The second-order valence-electron chi connectivity index (χ2n) is 3.36. The zero-order valence-electron chi connectivity index (χ0n) is 9.51. The third-order valence-electron chi connectivity index (χ3n) is 2.32. The Hall–Kier alpha value is -1.43. The molecule has 0 aromatic heterocycles. The summed E-state index contributed by atoms with van der Waals surface area (Å²) in [5.41, 5.74) is 0.0758. The van der Waals surface area contributed by atoms with Crippen molar-refractivity contribution in [3.63, 3.8) is 0 Å². The van der Waals surface area contributed by atoms with E-state index in [0.717, 1.165) is 7.11 Å². The van der Waals surface area contributed by atoms with Crippen molar-refractivity contribution in [3.8, 4) is 0 Å². The summed E-state index contributed by atoms with van der Waals surface area (Å²) in [7, 11) is -2.22. The molecular formula is C11H13FO4S. The highest BCUT2D eigenvalue weighted by Gasteiger charge is 2.21. The van der Waals surface area contributed by atoms with Crippen LogP contribution in [0.5, 0.6) is 0 Å². The Morgan fingerprint density at radius 1 is 1.35 bits per heavy atom. The maximum Gasteiger partial charge on any atom is 0.345 e. The molecule has 94 valence electrons. The lowest BCUT2D eigenvalue weighted by Gasteiger charge is -2.07. The van der Waals surface area contributed by atoms with E-state index in [0.29, 0.717) is 0 Å². The fraction of sp³-hybridized carbons (Fsp3) is 0.364. The molecule has 0 fully saturated rings. The van der Waals surface area contributed by atoms with E-state index in [1.54, 1.807) is 0 Å². The van der Waals surface area contributed by atoms with Crippen molar-refractivity contribution in [3.05, 3.63) is 29.8 Å². The SMILES string of the molecule is CCS(=O)(=O)c1ccc(C(F)C(=O)OC)cc1. The Bertz CT molecular complexity index is 493. The van der Waals surface area contributed by atoms with Crippen molar-refractivity contribution in [1.29, 1.82) is 0 Å². The Kier molecular flexibility index (Phi) is 4.22. The highest BCUT2D eigenvalue weighted by atomic mass is 32.2. The van der Waals surface area contributed by atoms with E-state index in [4.69, 9.17) is 0 Å². The van der Waals surface area contributed by atoms with Gasteiger partial charge < -0.3 is 4.74 Å². The first-order valence-corrected chi connectivity index (χ1v) is 6.62. The minimum atomic E-state index is -3.31. The molecule has 0 aliphatic heterocycles. The van der Waals surface area contributed by atoms with Gasteiger partial charge in [0.2, 0.25) is 6.17 Å². The maximum absolute atomic E-state index is 13.4. The molecule has 1 rings (SSSR count). The summed E-state index contributed by atoms with van der Waals surface area (Å²) in [6.45, 7) is 1.52. The van der Waals surface area contributed by atoms with E-state index in [1.165, 1.54) is 31.2 Å². The van der Waals surface area contributed by atoms with Gasteiger partial charge in [-0.2, -0.15) is 0 Å². The van der Waals surface area contributed by atoms with Gasteiger partial charge in [0.15, 0.2) is 9.84 Å². The van der Waals surface area contributed by atoms with Gasteiger partial charge in [-0.15, -0.1) is 0 Å². The number of hydrogen-bond acceptors (Lipinski definition) is 4. The van der Waals surface area contributed by atoms with Crippen LogP contribution in [-0.2, 0) is 19.4 Å². The molecular weight excluding hydrogens is 247 g/mol. The minimum absolute atomic E-state index is 0.0254. The third kappa shape index (κ3) is 3.03. The van der Waals surface area contributed by atoms with Crippen molar-refractivity contribution < 1.29 is 22.3 Å². The van der Waals surface area contributed by atoms with Crippen LogP contribution in [0, 0.1) is 0 Å². The van der Waals surface area contributed by atoms with E-state index < -0.39 is 22.0 Å². The monoisotopic (exact) mass is 260 g/mol. The molecule has 0 amide bonds. The van der Waals surface area contributed by atoms with Crippen LogP contribution in [0.2, 0.25) is 0 Å². The van der Waals surface area contributed by atoms with Crippen molar-refractivity contribution in [1.82, 2.24) is 0 Å². The van der Waals surface area contributed by atoms with Gasteiger partial charge in [0.1, 0.15) is 0 Å². The first-order chi connectivity index (χ1) is 7.92. The lowest BCUT2D eigenvalue weighted by Crippen LogP contribution is -2.10. The van der Waals surface area contributed by atoms with Crippen molar-refractivity contribution >= 4 is 15.8 Å². The number of benzene rings is 1. The van der Waals surface area contributed by atoms with Crippen LogP contribution in [0.4, 0.5) is 4.39 Å². The Balaban J connectivity index is 3.00. The van der Waals surface area contributed by atoms with Gasteiger partial charge in [-0.3, -0.25) is 0 Å². The number of methoxy groups -OCH3 is 1. The van der Waals surface area contributed by atoms with E-state index in [9.17, 15) is 17.6 Å². The molecule has 0 saturated heterocycles. The smallest absolute Gasteiger partial charge is 0.345 e. The Morgan fingerprint density at radius 3 is 2.29 bits per heavy atom. The van der Waals surface area contributed by atoms with Crippen molar-refractivity contribution in [2.24, 2.45) is 0 Å². The number of rotatable bonds is 4. The third-order valence-corrected chi connectivity index (χ3v) is 4.07. The normalized spacial score (nSPS) is 13.1. The molecule has 17 heavy (non-hydrogen) atoms. The van der Waals surface area contributed by atoms with E-state index in [2.05, 4.69) is 4.74 Å². The summed E-state index contributed by atoms with van der Waals surface area (Å²) in [6, 6.07) is 5.10. The van der Waals surface area contributed by atoms with Crippen LogP contribution in [0.1, 0.15) is 18.7 Å². The molecule has 1 aromatic rings. The van der Waals surface area contributed by atoms with Crippen LogP contribution < -0.4 is 0 Å². The van der Waals surface area contributed by atoms with E-state index in [1.807, 2.05) is 0 Å². The second-order valence-corrected chi connectivity index (χ2v) is 5.64. The molecule has 1 atom stereocenters. The number of alkyl halides is 1. The van der Waals surface area contributed by atoms with Crippen molar-refractivity contribution in [2.75, 3.05) is 12.9 Å². The van der Waals surface area contributed by atoms with Crippen LogP contribution in [0.15, 0.2) is 29.2 Å². The first kappa shape index (κ1) is 13.6. The van der Waals surface area contributed by atoms with Crippen LogP contribution in [-0.4, -0.2) is 27.2 Å². The predicted molar refractivity (Wildman–Crippen MR) is 60.0 cm³/mol. The van der Waals surface area contributed by atoms with Gasteiger partial charge in [-0.25, -0.2) is 17.6 Å². The largest absolute Gasteiger partial charge is 0.467 e. The summed E-state index contributed by atoms with van der Waals surface area (Å²) in [4.78, 5) is 11.0. The summed E-state index contributed by atoms with van der Waals surface area (Å²) in [5.74, 6) is -1.03. The molecule has 4 nitrogen and oxygen atoms in total. The maximum atomic E-state index is 13.4. The number of hydrogen-bond donors (Lipinski definition) is 0. The summed E-state index contributed by atoms with van der Waals surface area (Å²) in [5, 5.41) is 0. The number of ether oxygens (including phenoxy) is 1. The fourth-order valence-electron chi connectivity index (χ4n) is 1.25. The topological polar surface area (TPSA) is 60.4 Å². The highest BCUT2D eigenvalue weighted by Crippen LogP contribution is 2.21. The zero-order valence-corrected chi connectivity index (χ0v) is 10.3. The van der Waals surface area contributed by atoms with Gasteiger partial charge in [0, 0.05) is 0 Å². The van der Waals surface area contributed by atoms with Crippen LogP contribution in [0.25, 0.3) is 0 Å². The summed E-state index contributed by atoms with van der Waals surface area (Å²) in [6.07, 6.45) is -1.89. The van der Waals surface area contributed by atoms with Gasteiger partial charge in [-0.05, 0) is 17.7 Å². The molecule has 0 saturated carbocycles. The van der Waals surface area contributed by atoms with Gasteiger partial charge in [0.25, 0.3) is 0 Å². The van der Waals surface area contributed by atoms with Gasteiger partial charge in [0.05, 0.1) is 17.8 Å². The number of carbonyl (C=O) groups excluding carboxylic acids is 1. The molecule has 0 spiro atoms. The molecule has 6 heteroatoms. The zero-order chi connectivity index (χ0) is 13.1. The van der Waals surface area contributed by atoms with Crippen LogP contribution in [0.3, 0.4) is 0 Å². The van der Waals surface area contributed by atoms with E-state index >= 15 is 0 Å². The average molecular weight is 260 g/mol. The number of carbonyl (C=O) groups is 1. The molecule has 0 aliphatic carbocycles. The van der Waals surface area contributed by atoms with Gasteiger partial charge >= 0.3 is 5.97 Å². The second kappa shape index (κ2) is 5.27. The average Bonchev–Trinajstić information content (AvgIpc) is 2.37.